The molecule has 3 rings (SSSR count). The monoisotopic (exact) mass is 662 g/mol. The van der Waals surface area contributed by atoms with Crippen molar-refractivity contribution < 1.29 is 58.4 Å². The number of carbonyl (C=O) groups is 2. The molecule has 1 N–H and O–H groups in total. The molecule has 7 nitrogen and oxygen atoms in total. The summed E-state index contributed by atoms with van der Waals surface area (Å²) in [5.41, 5.74) is -6.69. The first-order chi connectivity index (χ1) is 17.0. The van der Waals surface area contributed by atoms with Gasteiger partial charge in [-0.3, -0.25) is 4.55 Å². The van der Waals surface area contributed by atoms with Crippen molar-refractivity contribution >= 4 is 55.4 Å². The Morgan fingerprint density at radius 3 is 2.03 bits per heavy atom. The Kier molecular flexibility index (Phi) is 7.81. The number of halogens is 7. The van der Waals surface area contributed by atoms with Crippen molar-refractivity contribution in [1.82, 2.24) is 0 Å². The fourth-order valence-electron chi connectivity index (χ4n) is 3.25. The summed E-state index contributed by atoms with van der Waals surface area (Å²) in [6, 6.07) is 13.9. The summed E-state index contributed by atoms with van der Waals surface area (Å²) in [7, 11) is -5.97. The second-order valence-corrected chi connectivity index (χ2v) is 10.2. The molecule has 37 heavy (non-hydrogen) atoms. The van der Waals surface area contributed by atoms with Gasteiger partial charge in [0.15, 0.2) is 0 Å². The number of benzene rings is 3. The number of rotatable bonds is 6. The van der Waals surface area contributed by atoms with Crippen LogP contribution in [0.5, 0.6) is 5.75 Å². The number of ether oxygens (including phenoxy) is 2. The molecule has 3 aromatic carbocycles. The second-order valence-electron chi connectivity index (χ2n) is 7.50. The Bertz CT molecular complexity index is 1450. The molecule has 0 heterocycles. The van der Waals surface area contributed by atoms with Gasteiger partial charge in [-0.1, -0.05) is 36.4 Å². The van der Waals surface area contributed by atoms with Crippen LogP contribution in [0.1, 0.15) is 20.7 Å². The zero-order valence-corrected chi connectivity index (χ0v) is 20.9. The minimum Gasteiger partial charge on any atom is -0.434 e. The van der Waals surface area contributed by atoms with Gasteiger partial charge in [-0.2, -0.15) is 34.8 Å². The van der Waals surface area contributed by atoms with E-state index in [0.29, 0.717) is 10.8 Å². The van der Waals surface area contributed by atoms with Gasteiger partial charge in [0.05, 0.1) is 5.56 Å². The summed E-state index contributed by atoms with van der Waals surface area (Å²) in [4.78, 5) is 25.5. The maximum atomic E-state index is 13.6. The van der Waals surface area contributed by atoms with Crippen LogP contribution in [0.15, 0.2) is 60.7 Å². The van der Waals surface area contributed by atoms with Crippen molar-refractivity contribution in [3.8, 4) is 5.75 Å². The normalized spacial score (nSPS) is 12.9. The van der Waals surface area contributed by atoms with Gasteiger partial charge in [-0.05, 0) is 57.6 Å². The molecule has 0 aliphatic carbocycles. The van der Waals surface area contributed by atoms with Gasteiger partial charge in [-0.15, -0.1) is 0 Å². The third-order valence-electron chi connectivity index (χ3n) is 4.94. The van der Waals surface area contributed by atoms with Crippen molar-refractivity contribution in [2.75, 3.05) is 5.75 Å². The molecule has 0 amide bonds. The first-order valence-corrected chi connectivity index (χ1v) is 12.5. The average Bonchev–Trinajstić information content (AvgIpc) is 2.75. The van der Waals surface area contributed by atoms with Crippen LogP contribution in [-0.2, 0) is 14.9 Å². The molecule has 0 saturated carbocycles. The number of fused-ring (bicyclic) bond motifs is 1. The molecular formula is C22H13F6IO7S. The highest BCUT2D eigenvalue weighted by molar-refractivity contribution is 14.1. The van der Waals surface area contributed by atoms with E-state index in [9.17, 15) is 44.3 Å². The third-order valence-corrected chi connectivity index (χ3v) is 6.39. The molecule has 0 fully saturated rings. The summed E-state index contributed by atoms with van der Waals surface area (Å²) in [6.45, 7) is 0. The van der Waals surface area contributed by atoms with Crippen LogP contribution < -0.4 is 4.74 Å². The lowest BCUT2D eigenvalue weighted by atomic mass is 10.0. The van der Waals surface area contributed by atoms with Gasteiger partial charge in [0, 0.05) is 3.57 Å². The van der Waals surface area contributed by atoms with E-state index in [1.165, 1.54) is 12.1 Å². The predicted octanol–water partition coefficient (Wildman–Crippen LogP) is 5.57. The number of carbonyl (C=O) groups excluding carboxylic acids is 2. The lowest BCUT2D eigenvalue weighted by Gasteiger charge is -2.35. The quantitative estimate of drug-likeness (QED) is 0.121. The zero-order chi connectivity index (χ0) is 27.8. The first-order valence-electron chi connectivity index (χ1n) is 9.77. The van der Waals surface area contributed by atoms with Gasteiger partial charge >= 0.3 is 29.9 Å². The summed E-state index contributed by atoms with van der Waals surface area (Å²) in [5.74, 6) is -7.20. The summed E-state index contributed by atoms with van der Waals surface area (Å²) in [6.07, 6.45) is -13.0. The molecule has 0 unspecified atom stereocenters. The van der Waals surface area contributed by atoms with Gasteiger partial charge in [0.2, 0.25) is 0 Å². The molecule has 0 radical (unpaired) electrons. The molecule has 3 aromatic rings. The van der Waals surface area contributed by atoms with E-state index in [2.05, 4.69) is 4.74 Å². The van der Waals surface area contributed by atoms with Gasteiger partial charge in [0.25, 0.3) is 10.1 Å². The van der Waals surface area contributed by atoms with Crippen molar-refractivity contribution in [3.05, 3.63) is 75.4 Å². The molecule has 15 heteroatoms. The van der Waals surface area contributed by atoms with Crippen LogP contribution in [0.4, 0.5) is 26.3 Å². The Hall–Kier alpha value is -2.92. The highest BCUT2D eigenvalue weighted by Crippen LogP contribution is 2.47. The van der Waals surface area contributed by atoms with Crippen LogP contribution in [0.3, 0.4) is 0 Å². The first kappa shape index (κ1) is 28.6. The second kappa shape index (κ2) is 10.1. The van der Waals surface area contributed by atoms with Gasteiger partial charge in [-0.25, -0.2) is 9.59 Å². The fourth-order valence-corrected chi connectivity index (χ4v) is 4.61. The maximum absolute atomic E-state index is 13.6. The number of esters is 2. The molecule has 0 aromatic heterocycles. The van der Waals surface area contributed by atoms with Crippen molar-refractivity contribution in [2.45, 2.75) is 18.0 Å². The van der Waals surface area contributed by atoms with Crippen molar-refractivity contribution in [2.24, 2.45) is 0 Å². The van der Waals surface area contributed by atoms with Crippen LogP contribution in [0.2, 0.25) is 0 Å². The van der Waals surface area contributed by atoms with Crippen molar-refractivity contribution in [1.29, 1.82) is 0 Å². The van der Waals surface area contributed by atoms with Crippen LogP contribution >= 0.6 is 22.6 Å². The lowest BCUT2D eigenvalue weighted by Crippen LogP contribution is -2.63. The molecule has 0 saturated heterocycles. The van der Waals surface area contributed by atoms with E-state index in [-0.39, 0.29) is 9.13 Å². The third kappa shape index (κ3) is 6.15. The highest BCUT2D eigenvalue weighted by Gasteiger charge is 2.76. The van der Waals surface area contributed by atoms with Crippen LogP contribution in [-0.4, -0.2) is 48.6 Å². The fraction of sp³-hybridized carbons (Fsp3) is 0.182. The Morgan fingerprint density at radius 2 is 1.43 bits per heavy atom. The van der Waals surface area contributed by atoms with Crippen molar-refractivity contribution in [3.63, 3.8) is 0 Å². The summed E-state index contributed by atoms with van der Waals surface area (Å²) in [5, 5.41) is 1.02. The Labute approximate surface area is 218 Å². The predicted molar refractivity (Wildman–Crippen MR) is 125 cm³/mol. The SMILES string of the molecule is O=C(OC(CS(=O)(=O)O)(C(F)(F)F)C(F)(F)F)c1ccc(I)cc1OC(=O)c1cccc2ccccc12. The lowest BCUT2D eigenvalue weighted by molar-refractivity contribution is -0.356. The van der Waals surface area contributed by atoms with E-state index in [0.717, 1.165) is 18.2 Å². The average molecular weight is 662 g/mol. The summed E-state index contributed by atoms with van der Waals surface area (Å²) >= 11 is 1.68. The number of alkyl halides is 6. The van der Waals surface area contributed by atoms with Gasteiger partial charge < -0.3 is 9.47 Å². The standard InChI is InChI=1S/C22H13F6IO7S/c23-21(24,25)20(22(26,27)28,11-37(32,33)34)36-19(31)16-9-8-13(29)10-17(16)35-18(30)15-7-3-5-12-4-1-2-6-14(12)15/h1-10H,11H2,(H,32,33,34). The van der Waals surface area contributed by atoms with E-state index < -0.39 is 57.1 Å². The number of hydrogen-bond acceptors (Lipinski definition) is 6. The Balaban J connectivity index is 2.06. The molecule has 198 valence electrons. The zero-order valence-electron chi connectivity index (χ0n) is 17.9. The van der Waals surface area contributed by atoms with Crippen LogP contribution in [0, 0.1) is 3.57 Å². The molecular weight excluding hydrogens is 649 g/mol. The number of hydrogen-bond donors (Lipinski definition) is 1. The van der Waals surface area contributed by atoms with E-state index in [1.807, 2.05) is 0 Å². The van der Waals surface area contributed by atoms with Crippen LogP contribution in [0.25, 0.3) is 10.8 Å². The topological polar surface area (TPSA) is 107 Å². The molecule has 0 aliphatic heterocycles. The largest absolute Gasteiger partial charge is 0.438 e. The van der Waals surface area contributed by atoms with E-state index in [1.54, 1.807) is 52.9 Å². The highest BCUT2D eigenvalue weighted by atomic mass is 127. The van der Waals surface area contributed by atoms with Gasteiger partial charge in [0.1, 0.15) is 17.1 Å². The Morgan fingerprint density at radius 1 is 0.838 bits per heavy atom. The molecule has 0 spiro atoms. The van der Waals surface area contributed by atoms with E-state index in [4.69, 9.17) is 9.29 Å². The minimum atomic E-state index is -6.51. The molecule has 0 bridgehead atoms. The molecule has 0 aliphatic rings. The van der Waals surface area contributed by atoms with E-state index >= 15 is 0 Å². The maximum Gasteiger partial charge on any atom is 0.438 e. The summed E-state index contributed by atoms with van der Waals surface area (Å²) < 4.78 is 121. The minimum absolute atomic E-state index is 0.0254. The molecule has 0 atom stereocenters. The smallest absolute Gasteiger partial charge is 0.434 e.